The summed E-state index contributed by atoms with van der Waals surface area (Å²) in [5.74, 6) is -1.99. The maximum atomic E-state index is 13.2. The average molecular weight is 297 g/mol. The predicted octanol–water partition coefficient (Wildman–Crippen LogP) is 5.13. The molecule has 0 saturated heterocycles. The summed E-state index contributed by atoms with van der Waals surface area (Å²) in [5.41, 5.74) is 0.292. The molecule has 108 valence electrons. The second kappa shape index (κ2) is 4.58. The van der Waals surface area contributed by atoms with Gasteiger partial charge in [-0.05, 0) is 36.4 Å². The summed E-state index contributed by atoms with van der Waals surface area (Å²) < 4.78 is 64.0. The molecule has 21 heavy (non-hydrogen) atoms. The topological polar surface area (TPSA) is 15.8 Å². The summed E-state index contributed by atoms with van der Waals surface area (Å²) in [6, 6.07) is 8.19. The van der Waals surface area contributed by atoms with E-state index >= 15 is 0 Å². The van der Waals surface area contributed by atoms with Gasteiger partial charge in [0.1, 0.15) is 0 Å². The van der Waals surface area contributed by atoms with Gasteiger partial charge in [-0.15, -0.1) is 0 Å². The second-order valence-corrected chi connectivity index (χ2v) is 4.61. The maximum Gasteiger partial charge on any atom is 0.416 e. The van der Waals surface area contributed by atoms with E-state index in [2.05, 4.69) is 4.98 Å². The Hall–Kier alpha value is -2.37. The van der Waals surface area contributed by atoms with E-state index < -0.39 is 23.4 Å². The zero-order valence-electron chi connectivity index (χ0n) is 10.4. The molecule has 0 saturated carbocycles. The highest BCUT2D eigenvalue weighted by atomic mass is 19.4. The molecule has 2 aromatic carbocycles. The van der Waals surface area contributed by atoms with Crippen LogP contribution in [0.5, 0.6) is 0 Å². The smallest absolute Gasteiger partial charge is 0.355 e. The van der Waals surface area contributed by atoms with Crippen molar-refractivity contribution >= 4 is 10.9 Å². The monoisotopic (exact) mass is 297 g/mol. The number of halogens is 5. The number of hydrogen-bond donors (Lipinski definition) is 1. The molecule has 1 heterocycles. The van der Waals surface area contributed by atoms with Gasteiger partial charge in [0, 0.05) is 22.2 Å². The van der Waals surface area contributed by atoms with Crippen molar-refractivity contribution in [3.8, 4) is 11.3 Å². The number of alkyl halides is 3. The lowest BCUT2D eigenvalue weighted by Crippen LogP contribution is -2.03. The molecule has 6 heteroatoms. The van der Waals surface area contributed by atoms with E-state index in [0.717, 1.165) is 24.3 Å². The van der Waals surface area contributed by atoms with Crippen molar-refractivity contribution in [3.05, 3.63) is 59.7 Å². The van der Waals surface area contributed by atoms with Crippen molar-refractivity contribution in [3.63, 3.8) is 0 Å². The van der Waals surface area contributed by atoms with E-state index in [1.807, 2.05) is 0 Å². The summed E-state index contributed by atoms with van der Waals surface area (Å²) >= 11 is 0. The molecule has 0 aliphatic heterocycles. The third-order valence-electron chi connectivity index (χ3n) is 3.18. The van der Waals surface area contributed by atoms with E-state index in [0.29, 0.717) is 16.6 Å². The minimum absolute atomic E-state index is 0.282. The van der Waals surface area contributed by atoms with Gasteiger partial charge in [-0.3, -0.25) is 0 Å². The quantitative estimate of drug-likeness (QED) is 0.599. The Morgan fingerprint density at radius 2 is 1.57 bits per heavy atom. The fourth-order valence-corrected chi connectivity index (χ4v) is 2.12. The standard InChI is InChI=1S/C15H8F5N/c16-11-4-2-8(5-12(11)17)13-6-9-1-3-10(15(18,19)20)7-14(9)21-13/h1-7,21H. The molecular formula is C15H8F5N. The molecule has 0 fully saturated rings. The molecule has 0 radical (unpaired) electrons. The van der Waals surface area contributed by atoms with Crippen molar-refractivity contribution in [1.29, 1.82) is 0 Å². The molecule has 0 atom stereocenters. The summed E-state index contributed by atoms with van der Waals surface area (Å²) in [5, 5.41) is 0.558. The Morgan fingerprint density at radius 3 is 2.24 bits per heavy atom. The zero-order valence-corrected chi connectivity index (χ0v) is 10.4. The largest absolute Gasteiger partial charge is 0.416 e. The first-order valence-corrected chi connectivity index (χ1v) is 6.00. The van der Waals surface area contributed by atoms with Crippen LogP contribution in [0.25, 0.3) is 22.2 Å². The summed E-state index contributed by atoms with van der Waals surface area (Å²) in [6.45, 7) is 0. The minimum atomic E-state index is -4.43. The van der Waals surface area contributed by atoms with Gasteiger partial charge in [0.05, 0.1) is 5.56 Å². The Bertz CT molecular complexity index is 817. The highest BCUT2D eigenvalue weighted by Gasteiger charge is 2.30. The summed E-state index contributed by atoms with van der Waals surface area (Å²) in [7, 11) is 0. The van der Waals surface area contributed by atoms with E-state index in [1.165, 1.54) is 12.1 Å². The highest BCUT2D eigenvalue weighted by molar-refractivity contribution is 5.86. The SMILES string of the molecule is Fc1ccc(-c2cc3ccc(C(F)(F)F)cc3[nH]2)cc1F. The van der Waals surface area contributed by atoms with Crippen LogP contribution in [0.2, 0.25) is 0 Å². The summed E-state index contributed by atoms with van der Waals surface area (Å²) in [4.78, 5) is 2.78. The van der Waals surface area contributed by atoms with Crippen LogP contribution >= 0.6 is 0 Å². The van der Waals surface area contributed by atoms with Gasteiger partial charge < -0.3 is 4.98 Å². The van der Waals surface area contributed by atoms with Gasteiger partial charge in [0.2, 0.25) is 0 Å². The first-order chi connectivity index (χ1) is 9.84. The number of hydrogen-bond acceptors (Lipinski definition) is 0. The molecule has 1 aromatic heterocycles. The number of aromatic nitrogens is 1. The van der Waals surface area contributed by atoms with Gasteiger partial charge in [0.15, 0.2) is 11.6 Å². The number of fused-ring (bicyclic) bond motifs is 1. The third-order valence-corrected chi connectivity index (χ3v) is 3.18. The molecule has 0 bridgehead atoms. The Kier molecular flexibility index (Phi) is 2.97. The van der Waals surface area contributed by atoms with Crippen LogP contribution in [0, 0.1) is 11.6 Å². The van der Waals surface area contributed by atoms with Gasteiger partial charge in [-0.2, -0.15) is 13.2 Å². The van der Waals surface area contributed by atoms with Crippen molar-refractivity contribution in [1.82, 2.24) is 4.98 Å². The second-order valence-electron chi connectivity index (χ2n) is 4.61. The first kappa shape index (κ1) is 13.6. The highest BCUT2D eigenvalue weighted by Crippen LogP contribution is 2.33. The van der Waals surface area contributed by atoms with Crippen LogP contribution in [-0.4, -0.2) is 4.98 Å². The van der Waals surface area contributed by atoms with Crippen LogP contribution in [0.3, 0.4) is 0 Å². The molecule has 0 aliphatic rings. The number of nitrogens with one attached hydrogen (secondary N) is 1. The van der Waals surface area contributed by atoms with Crippen molar-refractivity contribution < 1.29 is 22.0 Å². The molecular weight excluding hydrogens is 289 g/mol. The fraction of sp³-hybridized carbons (Fsp3) is 0.0667. The molecule has 0 amide bonds. The van der Waals surface area contributed by atoms with Crippen LogP contribution in [0.15, 0.2) is 42.5 Å². The normalized spacial score (nSPS) is 12.0. The van der Waals surface area contributed by atoms with E-state index in [1.54, 1.807) is 6.07 Å². The average Bonchev–Trinajstić information content (AvgIpc) is 2.83. The van der Waals surface area contributed by atoms with Crippen molar-refractivity contribution in [2.75, 3.05) is 0 Å². The maximum absolute atomic E-state index is 13.2. The fourth-order valence-electron chi connectivity index (χ4n) is 2.12. The van der Waals surface area contributed by atoms with E-state index in [-0.39, 0.29) is 5.52 Å². The molecule has 0 spiro atoms. The minimum Gasteiger partial charge on any atom is -0.355 e. The molecule has 3 rings (SSSR count). The third kappa shape index (κ3) is 2.49. The molecule has 0 unspecified atom stereocenters. The number of aromatic amines is 1. The summed E-state index contributed by atoms with van der Waals surface area (Å²) in [6.07, 6.45) is -4.43. The van der Waals surface area contributed by atoms with Crippen molar-refractivity contribution in [2.45, 2.75) is 6.18 Å². The number of H-pyrrole nitrogens is 1. The van der Waals surface area contributed by atoms with Gasteiger partial charge in [-0.1, -0.05) is 6.07 Å². The Morgan fingerprint density at radius 1 is 0.810 bits per heavy atom. The predicted molar refractivity (Wildman–Crippen MR) is 68.7 cm³/mol. The molecule has 1 N–H and O–H groups in total. The van der Waals surface area contributed by atoms with Crippen molar-refractivity contribution in [2.24, 2.45) is 0 Å². The van der Waals surface area contributed by atoms with Crippen LogP contribution < -0.4 is 0 Å². The van der Waals surface area contributed by atoms with Crippen LogP contribution in [0.4, 0.5) is 22.0 Å². The number of rotatable bonds is 1. The number of benzene rings is 2. The van der Waals surface area contributed by atoms with Crippen LogP contribution in [0.1, 0.15) is 5.56 Å². The van der Waals surface area contributed by atoms with Gasteiger partial charge >= 0.3 is 6.18 Å². The Balaban J connectivity index is 2.10. The molecule has 3 aromatic rings. The molecule has 1 nitrogen and oxygen atoms in total. The van der Waals surface area contributed by atoms with Gasteiger partial charge in [-0.25, -0.2) is 8.78 Å². The lowest BCUT2D eigenvalue weighted by molar-refractivity contribution is -0.137. The van der Waals surface area contributed by atoms with Crippen LogP contribution in [-0.2, 0) is 6.18 Å². The first-order valence-electron chi connectivity index (χ1n) is 6.00. The molecule has 0 aliphatic carbocycles. The van der Waals surface area contributed by atoms with Gasteiger partial charge in [0.25, 0.3) is 0 Å². The van der Waals surface area contributed by atoms with E-state index in [4.69, 9.17) is 0 Å². The zero-order chi connectivity index (χ0) is 15.2. The lowest BCUT2D eigenvalue weighted by Gasteiger charge is -2.05. The van der Waals surface area contributed by atoms with E-state index in [9.17, 15) is 22.0 Å². The Labute approximate surface area is 116 Å². The lowest BCUT2D eigenvalue weighted by atomic mass is 10.1.